The molecular formula is C23H20ClN5O4. The van der Waals surface area contributed by atoms with Crippen molar-refractivity contribution in [3.8, 4) is 0 Å². The number of fused-ring (bicyclic) bond motifs is 1. The van der Waals surface area contributed by atoms with Crippen LogP contribution < -0.4 is 16.7 Å². The Kier molecular flexibility index (Phi) is 6.23. The van der Waals surface area contributed by atoms with Gasteiger partial charge in [0.2, 0.25) is 5.95 Å². The molecule has 0 fully saturated rings. The number of halogens is 1. The number of aliphatic carboxylic acids is 1. The van der Waals surface area contributed by atoms with E-state index in [9.17, 15) is 19.5 Å². The molecule has 4 rings (SSSR count). The average Bonchev–Trinajstić information content (AvgIpc) is 2.80. The summed E-state index contributed by atoms with van der Waals surface area (Å²) in [7, 11) is 0. The molecule has 10 heteroatoms. The van der Waals surface area contributed by atoms with Crippen LogP contribution in [0.3, 0.4) is 0 Å². The standard InChI is InChI=1S/C23H20ClN5O4/c1-14(20(30)31)12-29-22(32)27-21(26-18-8-9-19-16(11-18)3-2-10-25-19)28(23(29)33)13-15-4-6-17(24)7-5-15/h2-11,14H,12-13H2,1H3,(H,30,31)(H,26,27,32)/t14-/m0/s1. The van der Waals surface area contributed by atoms with Gasteiger partial charge in [0.05, 0.1) is 18.0 Å². The molecule has 0 aliphatic rings. The van der Waals surface area contributed by atoms with Crippen molar-refractivity contribution in [3.63, 3.8) is 0 Å². The van der Waals surface area contributed by atoms with E-state index in [1.54, 1.807) is 36.5 Å². The third kappa shape index (κ3) is 4.93. The summed E-state index contributed by atoms with van der Waals surface area (Å²) in [5, 5.41) is 13.7. The zero-order valence-corrected chi connectivity index (χ0v) is 18.4. The molecule has 9 nitrogen and oxygen atoms in total. The fourth-order valence-electron chi connectivity index (χ4n) is 3.33. The smallest absolute Gasteiger partial charge is 0.354 e. The van der Waals surface area contributed by atoms with Crippen LogP contribution in [0.4, 0.5) is 11.6 Å². The van der Waals surface area contributed by atoms with Gasteiger partial charge in [0, 0.05) is 28.8 Å². The highest BCUT2D eigenvalue weighted by molar-refractivity contribution is 6.30. The van der Waals surface area contributed by atoms with Crippen molar-refractivity contribution in [3.05, 3.63) is 92.3 Å². The van der Waals surface area contributed by atoms with Crippen LogP contribution in [0, 0.1) is 5.92 Å². The number of aromatic nitrogens is 4. The molecule has 0 bridgehead atoms. The van der Waals surface area contributed by atoms with Crippen LogP contribution in [0.15, 0.2) is 70.4 Å². The van der Waals surface area contributed by atoms with Crippen molar-refractivity contribution in [2.75, 3.05) is 5.32 Å². The molecule has 0 radical (unpaired) electrons. The number of hydrogen-bond acceptors (Lipinski definition) is 6. The van der Waals surface area contributed by atoms with Crippen LogP contribution in [0.1, 0.15) is 12.5 Å². The molecule has 0 saturated heterocycles. The molecule has 2 heterocycles. The Hall–Kier alpha value is -3.98. The zero-order valence-electron chi connectivity index (χ0n) is 17.6. The van der Waals surface area contributed by atoms with Crippen molar-refractivity contribution in [1.82, 2.24) is 19.1 Å². The molecule has 2 N–H and O–H groups in total. The van der Waals surface area contributed by atoms with Gasteiger partial charge in [-0.25, -0.2) is 14.2 Å². The summed E-state index contributed by atoms with van der Waals surface area (Å²) >= 11 is 5.97. The summed E-state index contributed by atoms with van der Waals surface area (Å²) in [5.74, 6) is -2.01. The van der Waals surface area contributed by atoms with Crippen LogP contribution in [0.25, 0.3) is 10.9 Å². The van der Waals surface area contributed by atoms with Gasteiger partial charge in [0.15, 0.2) is 0 Å². The van der Waals surface area contributed by atoms with Gasteiger partial charge in [-0.1, -0.05) is 36.7 Å². The molecule has 33 heavy (non-hydrogen) atoms. The maximum absolute atomic E-state index is 13.3. The van der Waals surface area contributed by atoms with E-state index >= 15 is 0 Å². The molecule has 168 valence electrons. The first-order chi connectivity index (χ1) is 15.8. The lowest BCUT2D eigenvalue weighted by molar-refractivity contribution is -0.141. The van der Waals surface area contributed by atoms with Gasteiger partial charge in [-0.05, 0) is 42.0 Å². The molecule has 0 amide bonds. The Morgan fingerprint density at radius 1 is 1.12 bits per heavy atom. The Balaban J connectivity index is 1.79. The lowest BCUT2D eigenvalue weighted by Gasteiger charge is -2.17. The fraction of sp³-hybridized carbons (Fsp3) is 0.174. The van der Waals surface area contributed by atoms with E-state index in [1.165, 1.54) is 11.5 Å². The molecule has 2 aromatic heterocycles. The number of carboxylic acid groups (broad SMARTS) is 1. The summed E-state index contributed by atoms with van der Waals surface area (Å²) in [4.78, 5) is 45.5. The largest absolute Gasteiger partial charge is 0.481 e. The predicted octanol–water partition coefficient (Wildman–Crippen LogP) is 3.12. The van der Waals surface area contributed by atoms with Crippen LogP contribution in [0.2, 0.25) is 5.02 Å². The molecular weight excluding hydrogens is 446 g/mol. The normalized spacial score (nSPS) is 11.9. The molecule has 0 saturated carbocycles. The summed E-state index contributed by atoms with van der Waals surface area (Å²) in [6.45, 7) is 1.23. The number of nitrogens with one attached hydrogen (secondary N) is 1. The van der Waals surface area contributed by atoms with Crippen molar-refractivity contribution >= 4 is 40.1 Å². The second kappa shape index (κ2) is 9.25. The number of carboxylic acids is 1. The first-order valence-electron chi connectivity index (χ1n) is 10.1. The minimum absolute atomic E-state index is 0.0439. The molecule has 0 aliphatic heterocycles. The van der Waals surface area contributed by atoms with Crippen molar-refractivity contribution in [1.29, 1.82) is 0 Å². The topological polar surface area (TPSA) is 119 Å². The minimum atomic E-state index is -1.11. The Morgan fingerprint density at radius 3 is 2.61 bits per heavy atom. The van der Waals surface area contributed by atoms with Gasteiger partial charge in [0.1, 0.15) is 0 Å². The highest BCUT2D eigenvalue weighted by atomic mass is 35.5. The van der Waals surface area contributed by atoms with E-state index in [1.807, 2.05) is 24.3 Å². The number of anilines is 2. The monoisotopic (exact) mass is 465 g/mol. The predicted molar refractivity (Wildman–Crippen MR) is 125 cm³/mol. The lowest BCUT2D eigenvalue weighted by Crippen LogP contribution is -2.44. The number of benzene rings is 2. The first kappa shape index (κ1) is 22.2. The van der Waals surface area contributed by atoms with E-state index in [0.717, 1.165) is 21.0 Å². The third-order valence-electron chi connectivity index (χ3n) is 5.14. The second-order valence-electron chi connectivity index (χ2n) is 7.60. The number of pyridine rings is 1. The number of nitrogens with zero attached hydrogens (tertiary/aromatic N) is 4. The quantitative estimate of drug-likeness (QED) is 0.430. The zero-order chi connectivity index (χ0) is 23.5. The highest BCUT2D eigenvalue weighted by Gasteiger charge is 2.19. The molecule has 1 atom stereocenters. The summed E-state index contributed by atoms with van der Waals surface area (Å²) in [6.07, 6.45) is 1.69. The van der Waals surface area contributed by atoms with E-state index in [-0.39, 0.29) is 19.0 Å². The van der Waals surface area contributed by atoms with Gasteiger partial charge >= 0.3 is 17.3 Å². The van der Waals surface area contributed by atoms with Gasteiger partial charge in [-0.15, -0.1) is 0 Å². The lowest BCUT2D eigenvalue weighted by atomic mass is 10.2. The van der Waals surface area contributed by atoms with Crippen molar-refractivity contribution in [2.45, 2.75) is 20.0 Å². The minimum Gasteiger partial charge on any atom is -0.481 e. The van der Waals surface area contributed by atoms with Gasteiger partial charge in [-0.3, -0.25) is 14.3 Å². The number of carbonyl (C=O) groups is 1. The SMILES string of the molecule is C[C@@H](Cn1c(=O)nc(Nc2ccc3ncccc3c2)n(Cc2ccc(Cl)cc2)c1=O)C(=O)O. The molecule has 0 aliphatic carbocycles. The maximum atomic E-state index is 13.3. The molecule has 2 aromatic carbocycles. The van der Waals surface area contributed by atoms with Crippen molar-refractivity contribution in [2.24, 2.45) is 5.92 Å². The van der Waals surface area contributed by atoms with Gasteiger partial charge < -0.3 is 10.4 Å². The van der Waals surface area contributed by atoms with E-state index in [4.69, 9.17) is 11.6 Å². The van der Waals surface area contributed by atoms with Gasteiger partial charge in [0.25, 0.3) is 0 Å². The average molecular weight is 466 g/mol. The molecule has 0 unspecified atom stereocenters. The summed E-state index contributed by atoms with van der Waals surface area (Å²) in [5.41, 5.74) is 0.676. The van der Waals surface area contributed by atoms with Crippen LogP contribution >= 0.6 is 11.6 Å². The van der Waals surface area contributed by atoms with E-state index in [0.29, 0.717) is 10.7 Å². The fourth-order valence-corrected chi connectivity index (χ4v) is 3.46. The number of rotatable bonds is 7. The molecule has 4 aromatic rings. The maximum Gasteiger partial charge on any atom is 0.354 e. The van der Waals surface area contributed by atoms with Crippen LogP contribution in [-0.2, 0) is 17.9 Å². The van der Waals surface area contributed by atoms with Crippen LogP contribution in [0.5, 0.6) is 0 Å². The first-order valence-corrected chi connectivity index (χ1v) is 10.5. The van der Waals surface area contributed by atoms with E-state index < -0.39 is 23.3 Å². The third-order valence-corrected chi connectivity index (χ3v) is 5.39. The second-order valence-corrected chi connectivity index (χ2v) is 8.04. The number of hydrogen-bond donors (Lipinski definition) is 2. The Bertz CT molecular complexity index is 1450. The van der Waals surface area contributed by atoms with Crippen LogP contribution in [-0.4, -0.2) is 30.2 Å². The van der Waals surface area contributed by atoms with Crippen molar-refractivity contribution < 1.29 is 9.90 Å². The summed E-state index contributed by atoms with van der Waals surface area (Å²) < 4.78 is 2.14. The Labute approximate surface area is 192 Å². The molecule has 0 spiro atoms. The van der Waals surface area contributed by atoms with E-state index in [2.05, 4.69) is 15.3 Å². The highest BCUT2D eigenvalue weighted by Crippen LogP contribution is 2.20. The van der Waals surface area contributed by atoms with Gasteiger partial charge in [-0.2, -0.15) is 4.98 Å². The summed E-state index contributed by atoms with van der Waals surface area (Å²) in [6, 6.07) is 16.0. The Morgan fingerprint density at radius 2 is 1.88 bits per heavy atom.